The Labute approximate surface area is 92.1 Å². The van der Waals surface area contributed by atoms with Crippen LogP contribution in [0.25, 0.3) is 0 Å². The third kappa shape index (κ3) is 1.97. The standard InChI is InChI=1S/C9H11ClN2O3/c1-4-5(10)8(14-2)12-7(6(4)11)9(13)15-3/h11H2,1-3H3. The average Bonchev–Trinajstić information content (AvgIpc) is 2.25. The monoisotopic (exact) mass is 230 g/mol. The molecule has 0 aromatic carbocycles. The van der Waals surface area contributed by atoms with Crippen molar-refractivity contribution in [3.63, 3.8) is 0 Å². The van der Waals surface area contributed by atoms with Crippen molar-refractivity contribution in [1.82, 2.24) is 4.98 Å². The van der Waals surface area contributed by atoms with E-state index >= 15 is 0 Å². The van der Waals surface area contributed by atoms with Gasteiger partial charge >= 0.3 is 5.97 Å². The minimum atomic E-state index is -0.620. The van der Waals surface area contributed by atoms with Gasteiger partial charge in [-0.1, -0.05) is 11.6 Å². The Bertz CT molecular complexity index is 407. The first-order chi connectivity index (χ1) is 7.02. The first-order valence-corrected chi connectivity index (χ1v) is 4.48. The summed E-state index contributed by atoms with van der Waals surface area (Å²) in [5, 5.41) is 0.294. The molecule has 0 aliphatic rings. The zero-order chi connectivity index (χ0) is 11.6. The van der Waals surface area contributed by atoms with Crippen LogP contribution in [-0.2, 0) is 4.74 Å². The summed E-state index contributed by atoms with van der Waals surface area (Å²) >= 11 is 5.90. The van der Waals surface area contributed by atoms with E-state index in [1.165, 1.54) is 14.2 Å². The van der Waals surface area contributed by atoms with Crippen LogP contribution in [0.3, 0.4) is 0 Å². The maximum atomic E-state index is 11.3. The number of esters is 1. The molecule has 1 aromatic heterocycles. The predicted octanol–water partition coefficient (Wildman–Crippen LogP) is 1.42. The first-order valence-electron chi connectivity index (χ1n) is 4.10. The summed E-state index contributed by atoms with van der Waals surface area (Å²) in [6.07, 6.45) is 0. The molecule has 0 aliphatic carbocycles. The molecule has 0 fully saturated rings. The van der Waals surface area contributed by atoms with E-state index in [2.05, 4.69) is 9.72 Å². The van der Waals surface area contributed by atoms with Gasteiger partial charge in [-0.05, 0) is 12.5 Å². The molecule has 6 heteroatoms. The minimum Gasteiger partial charge on any atom is -0.480 e. The number of rotatable bonds is 2. The van der Waals surface area contributed by atoms with E-state index in [1.807, 2.05) is 0 Å². The fourth-order valence-corrected chi connectivity index (χ4v) is 1.28. The Morgan fingerprint density at radius 2 is 2.07 bits per heavy atom. The number of anilines is 1. The van der Waals surface area contributed by atoms with Gasteiger partial charge in [-0.15, -0.1) is 0 Å². The summed E-state index contributed by atoms with van der Waals surface area (Å²) in [5.41, 5.74) is 6.44. The molecule has 0 saturated carbocycles. The number of hydrogen-bond donors (Lipinski definition) is 1. The minimum absolute atomic E-state index is 0.0104. The molecule has 2 N–H and O–H groups in total. The molecule has 0 atom stereocenters. The number of nitrogen functional groups attached to an aromatic ring is 1. The van der Waals surface area contributed by atoms with E-state index in [1.54, 1.807) is 6.92 Å². The largest absolute Gasteiger partial charge is 0.480 e. The first kappa shape index (κ1) is 11.6. The molecule has 1 rings (SSSR count). The maximum absolute atomic E-state index is 11.3. The van der Waals surface area contributed by atoms with Crippen LogP contribution in [0.2, 0.25) is 5.02 Å². The lowest BCUT2D eigenvalue weighted by Crippen LogP contribution is -2.11. The number of nitrogens with two attached hydrogens (primary N) is 1. The van der Waals surface area contributed by atoms with Gasteiger partial charge < -0.3 is 15.2 Å². The molecule has 0 aliphatic heterocycles. The summed E-state index contributed by atoms with van der Waals surface area (Å²) in [6.45, 7) is 1.67. The van der Waals surface area contributed by atoms with Crippen molar-refractivity contribution in [2.75, 3.05) is 20.0 Å². The predicted molar refractivity (Wildman–Crippen MR) is 56.3 cm³/mol. The van der Waals surface area contributed by atoms with Crippen molar-refractivity contribution >= 4 is 23.3 Å². The molecule has 15 heavy (non-hydrogen) atoms. The Kier molecular flexibility index (Phi) is 3.36. The van der Waals surface area contributed by atoms with Gasteiger partial charge in [-0.3, -0.25) is 0 Å². The van der Waals surface area contributed by atoms with Gasteiger partial charge in [0, 0.05) is 0 Å². The SMILES string of the molecule is COC(=O)c1nc(OC)c(Cl)c(C)c1N. The smallest absolute Gasteiger partial charge is 0.358 e. The Hall–Kier alpha value is -1.49. The number of carbonyl (C=O) groups is 1. The number of ether oxygens (including phenoxy) is 2. The van der Waals surface area contributed by atoms with E-state index in [-0.39, 0.29) is 17.3 Å². The van der Waals surface area contributed by atoms with Gasteiger partial charge in [0.2, 0.25) is 5.88 Å². The third-order valence-corrected chi connectivity index (χ3v) is 2.41. The topological polar surface area (TPSA) is 74.4 Å². The zero-order valence-corrected chi connectivity index (χ0v) is 9.38. The Morgan fingerprint density at radius 3 is 2.53 bits per heavy atom. The highest BCUT2D eigenvalue weighted by atomic mass is 35.5. The molecule has 5 nitrogen and oxygen atoms in total. The third-order valence-electron chi connectivity index (χ3n) is 1.96. The van der Waals surface area contributed by atoms with Gasteiger partial charge in [0.15, 0.2) is 5.69 Å². The van der Waals surface area contributed by atoms with Gasteiger partial charge in [-0.25, -0.2) is 9.78 Å². The second-order valence-electron chi connectivity index (χ2n) is 2.81. The number of hydrogen-bond acceptors (Lipinski definition) is 5. The molecule has 0 amide bonds. The fourth-order valence-electron chi connectivity index (χ4n) is 1.05. The van der Waals surface area contributed by atoms with Gasteiger partial charge in [0.1, 0.15) is 5.02 Å². The van der Waals surface area contributed by atoms with Crippen molar-refractivity contribution in [3.8, 4) is 5.88 Å². The van der Waals surface area contributed by atoms with Crippen LogP contribution in [0.15, 0.2) is 0 Å². The van der Waals surface area contributed by atoms with E-state index in [9.17, 15) is 4.79 Å². The Balaban J connectivity index is 3.41. The molecule has 0 bridgehead atoms. The molecular weight excluding hydrogens is 220 g/mol. The number of aromatic nitrogens is 1. The van der Waals surface area contributed by atoms with E-state index in [0.29, 0.717) is 10.6 Å². The highest BCUT2D eigenvalue weighted by molar-refractivity contribution is 6.33. The summed E-state index contributed by atoms with van der Waals surface area (Å²) in [4.78, 5) is 15.2. The van der Waals surface area contributed by atoms with Crippen LogP contribution in [-0.4, -0.2) is 25.2 Å². The second-order valence-corrected chi connectivity index (χ2v) is 3.19. The van der Waals surface area contributed by atoms with Crippen molar-refractivity contribution in [2.24, 2.45) is 0 Å². The number of pyridine rings is 1. The number of nitrogens with zero attached hydrogens (tertiary/aromatic N) is 1. The van der Waals surface area contributed by atoms with Crippen molar-refractivity contribution < 1.29 is 14.3 Å². The van der Waals surface area contributed by atoms with Crippen LogP contribution in [0.4, 0.5) is 5.69 Å². The van der Waals surface area contributed by atoms with E-state index < -0.39 is 5.97 Å². The number of carbonyl (C=O) groups excluding carboxylic acids is 1. The van der Waals surface area contributed by atoms with Crippen molar-refractivity contribution in [3.05, 3.63) is 16.3 Å². The molecule has 82 valence electrons. The van der Waals surface area contributed by atoms with Gasteiger partial charge in [0.25, 0.3) is 0 Å². The highest BCUT2D eigenvalue weighted by Gasteiger charge is 2.19. The highest BCUT2D eigenvalue weighted by Crippen LogP contribution is 2.31. The van der Waals surface area contributed by atoms with E-state index in [0.717, 1.165) is 0 Å². The lowest BCUT2D eigenvalue weighted by molar-refractivity contribution is 0.0594. The molecule has 0 radical (unpaired) electrons. The van der Waals surface area contributed by atoms with Gasteiger partial charge in [-0.2, -0.15) is 0 Å². The normalized spacial score (nSPS) is 9.87. The van der Waals surface area contributed by atoms with Crippen LogP contribution in [0.5, 0.6) is 5.88 Å². The van der Waals surface area contributed by atoms with Gasteiger partial charge in [0.05, 0.1) is 19.9 Å². The van der Waals surface area contributed by atoms with Crippen LogP contribution >= 0.6 is 11.6 Å². The lowest BCUT2D eigenvalue weighted by atomic mass is 10.2. The summed E-state index contributed by atoms with van der Waals surface area (Å²) < 4.78 is 9.44. The molecule has 0 saturated heterocycles. The van der Waals surface area contributed by atoms with E-state index in [4.69, 9.17) is 22.1 Å². The second kappa shape index (κ2) is 4.35. The number of methoxy groups -OCH3 is 2. The lowest BCUT2D eigenvalue weighted by Gasteiger charge is -2.10. The summed E-state index contributed by atoms with van der Waals surface area (Å²) in [6, 6.07) is 0. The fraction of sp³-hybridized carbons (Fsp3) is 0.333. The molecule has 1 aromatic rings. The van der Waals surface area contributed by atoms with Crippen LogP contribution < -0.4 is 10.5 Å². The summed E-state index contributed by atoms with van der Waals surface area (Å²) in [5.74, 6) is -0.464. The summed E-state index contributed by atoms with van der Waals surface area (Å²) in [7, 11) is 2.66. The molecule has 0 spiro atoms. The average molecular weight is 231 g/mol. The number of halogens is 1. The van der Waals surface area contributed by atoms with Crippen LogP contribution in [0.1, 0.15) is 16.1 Å². The van der Waals surface area contributed by atoms with Crippen LogP contribution in [0, 0.1) is 6.92 Å². The quantitative estimate of drug-likeness (QED) is 0.778. The zero-order valence-electron chi connectivity index (χ0n) is 8.63. The van der Waals surface area contributed by atoms with Crippen molar-refractivity contribution in [2.45, 2.75) is 6.92 Å². The maximum Gasteiger partial charge on any atom is 0.358 e. The molecular formula is C9H11ClN2O3. The van der Waals surface area contributed by atoms with Crippen molar-refractivity contribution in [1.29, 1.82) is 0 Å². The Morgan fingerprint density at radius 1 is 1.47 bits per heavy atom. The molecule has 1 heterocycles. The molecule has 0 unspecified atom stereocenters.